The molecule has 0 fully saturated rings. The lowest BCUT2D eigenvalue weighted by Crippen LogP contribution is -2.54. The van der Waals surface area contributed by atoms with Gasteiger partial charge in [0, 0.05) is 27.9 Å². The maximum absolute atomic E-state index is 13.1. The monoisotopic (exact) mass is 725 g/mol. The minimum atomic E-state index is -4.69. The second kappa shape index (κ2) is 15.9. The van der Waals surface area contributed by atoms with Crippen molar-refractivity contribution in [3.8, 4) is 5.75 Å². The highest BCUT2D eigenvalue weighted by Crippen LogP contribution is 2.36. The van der Waals surface area contributed by atoms with Crippen LogP contribution in [-0.4, -0.2) is 65.5 Å². The van der Waals surface area contributed by atoms with Crippen LogP contribution in [0.3, 0.4) is 0 Å². The predicted octanol–water partition coefficient (Wildman–Crippen LogP) is 6.51. The zero-order valence-corrected chi connectivity index (χ0v) is 28.7. The first-order valence-corrected chi connectivity index (χ1v) is 16.4. The molecule has 5 rings (SSSR count). The summed E-state index contributed by atoms with van der Waals surface area (Å²) in [5.74, 6) is -1.34. The number of aromatic nitrogens is 1. The van der Waals surface area contributed by atoms with Crippen LogP contribution >= 0.6 is 23.4 Å². The summed E-state index contributed by atoms with van der Waals surface area (Å²) in [6.45, 7) is 4.13. The van der Waals surface area contributed by atoms with Crippen molar-refractivity contribution in [2.24, 2.45) is 0 Å². The summed E-state index contributed by atoms with van der Waals surface area (Å²) in [6.07, 6.45) is -4.00. The molecule has 1 aromatic heterocycles. The molecule has 3 aromatic rings. The molecular formula is C33H35ClF3N3O8S. The molecule has 0 saturated carbocycles. The van der Waals surface area contributed by atoms with E-state index in [1.54, 1.807) is 20.8 Å². The summed E-state index contributed by atoms with van der Waals surface area (Å²) >= 11 is 8.13. The smallest absolute Gasteiger partial charge is 0.460 e. The maximum Gasteiger partial charge on any atom is 0.511 e. The second-order valence-electron chi connectivity index (χ2n) is 11.8. The standard InChI is InChI=1S/C19H24F3N3O8.C14H11ClS/c1-11(19(20,21)22)24-9-23-25-7-5-12(26)15(14(25)16(24)28)31-10-32-17(29)30-8-6-13(27)33-18(2,3)4;15-13-6-3-5-10-8-11-4-1-2-7-14(11)16-9-12(10)13/h5,7,11,23H,6,8-10H2,1-4H3;1-7H,8-9H2/t11-;/m1./s1. The van der Waals surface area contributed by atoms with E-state index in [2.05, 4.69) is 45.2 Å². The third-order valence-electron chi connectivity index (χ3n) is 7.14. The number of nitrogens with zero attached hydrogens (tertiary/aromatic N) is 2. The molecule has 0 radical (unpaired) electrons. The topological polar surface area (TPSA) is 125 Å². The van der Waals surface area contributed by atoms with Crippen LogP contribution in [0.2, 0.25) is 5.02 Å². The Morgan fingerprint density at radius 3 is 2.45 bits per heavy atom. The van der Waals surface area contributed by atoms with Gasteiger partial charge in [0.05, 0.1) is 6.42 Å². The van der Waals surface area contributed by atoms with Gasteiger partial charge in [-0.3, -0.25) is 19.1 Å². The summed E-state index contributed by atoms with van der Waals surface area (Å²) in [7, 11) is 0. The molecule has 3 heterocycles. The fraction of sp³-hybridized carbons (Fsp3) is 0.394. The number of pyridine rings is 1. The second-order valence-corrected chi connectivity index (χ2v) is 13.3. The lowest BCUT2D eigenvalue weighted by Gasteiger charge is -2.36. The van der Waals surface area contributed by atoms with Crippen molar-refractivity contribution in [1.29, 1.82) is 0 Å². The number of amides is 1. The van der Waals surface area contributed by atoms with E-state index in [1.807, 2.05) is 23.9 Å². The highest BCUT2D eigenvalue weighted by atomic mass is 35.5. The van der Waals surface area contributed by atoms with Gasteiger partial charge in [-0.2, -0.15) is 13.2 Å². The van der Waals surface area contributed by atoms with Crippen molar-refractivity contribution in [2.45, 2.75) is 69.0 Å². The molecule has 2 aliphatic rings. The molecule has 1 N–H and O–H groups in total. The molecular weight excluding hydrogens is 691 g/mol. The van der Waals surface area contributed by atoms with E-state index in [-0.39, 0.29) is 13.0 Å². The zero-order valence-electron chi connectivity index (χ0n) is 27.1. The first-order chi connectivity index (χ1) is 23.0. The summed E-state index contributed by atoms with van der Waals surface area (Å²) < 4.78 is 59.6. The Morgan fingerprint density at radius 1 is 1.02 bits per heavy atom. The lowest BCUT2D eigenvalue weighted by atomic mass is 10.0. The number of hydrogen-bond donors (Lipinski definition) is 1. The van der Waals surface area contributed by atoms with Crippen molar-refractivity contribution in [3.05, 3.63) is 92.4 Å². The normalized spacial score (nSPS) is 14.4. The van der Waals surface area contributed by atoms with Gasteiger partial charge in [0.1, 0.15) is 24.9 Å². The minimum absolute atomic E-state index is 0.228. The van der Waals surface area contributed by atoms with E-state index in [0.29, 0.717) is 4.90 Å². The van der Waals surface area contributed by atoms with E-state index in [9.17, 15) is 32.3 Å². The van der Waals surface area contributed by atoms with E-state index >= 15 is 0 Å². The Bertz CT molecular complexity index is 1750. The van der Waals surface area contributed by atoms with Crippen LogP contribution in [-0.2, 0) is 31.2 Å². The third-order valence-corrected chi connectivity index (χ3v) is 8.63. The molecule has 1 atom stereocenters. The fourth-order valence-corrected chi connectivity index (χ4v) is 6.19. The van der Waals surface area contributed by atoms with Gasteiger partial charge in [0.15, 0.2) is 5.69 Å². The van der Waals surface area contributed by atoms with Gasteiger partial charge in [0.25, 0.3) is 5.91 Å². The molecule has 0 bridgehead atoms. The van der Waals surface area contributed by atoms with Crippen LogP contribution in [0.25, 0.3) is 0 Å². The molecule has 16 heteroatoms. The summed E-state index contributed by atoms with van der Waals surface area (Å²) in [6, 6.07) is 13.7. The van der Waals surface area contributed by atoms with Crippen molar-refractivity contribution in [2.75, 3.05) is 25.5 Å². The van der Waals surface area contributed by atoms with Gasteiger partial charge in [-0.15, -0.1) is 11.8 Å². The van der Waals surface area contributed by atoms with Gasteiger partial charge in [0.2, 0.25) is 18.0 Å². The first kappa shape index (κ1) is 37.4. The zero-order chi connectivity index (χ0) is 35.9. The number of rotatable bonds is 7. The van der Waals surface area contributed by atoms with Gasteiger partial charge in [-0.25, -0.2) is 4.79 Å². The maximum atomic E-state index is 13.1. The van der Waals surface area contributed by atoms with E-state index in [1.165, 1.54) is 21.6 Å². The quantitative estimate of drug-likeness (QED) is 0.213. The Hall–Kier alpha value is -4.37. The Labute approximate surface area is 289 Å². The average molecular weight is 726 g/mol. The van der Waals surface area contributed by atoms with Crippen molar-refractivity contribution < 1.29 is 46.5 Å². The van der Waals surface area contributed by atoms with Crippen LogP contribution < -0.4 is 15.6 Å². The number of carbonyl (C=O) groups is 3. The van der Waals surface area contributed by atoms with Crippen LogP contribution in [0.5, 0.6) is 5.75 Å². The number of hydrogen-bond acceptors (Lipinski definition) is 10. The highest BCUT2D eigenvalue weighted by Gasteiger charge is 2.44. The molecule has 49 heavy (non-hydrogen) atoms. The number of fused-ring (bicyclic) bond motifs is 3. The largest absolute Gasteiger partial charge is 0.511 e. The van der Waals surface area contributed by atoms with Gasteiger partial charge >= 0.3 is 18.3 Å². The third kappa shape index (κ3) is 10.1. The van der Waals surface area contributed by atoms with E-state index in [0.717, 1.165) is 41.1 Å². The molecule has 2 aromatic carbocycles. The van der Waals surface area contributed by atoms with Crippen molar-refractivity contribution >= 4 is 41.4 Å². The molecule has 0 unspecified atom stereocenters. The summed E-state index contributed by atoms with van der Waals surface area (Å²) in [5, 5.41) is 0.901. The Balaban J connectivity index is 0.000000278. The van der Waals surface area contributed by atoms with Gasteiger partial charge in [-0.05, 0) is 62.9 Å². The highest BCUT2D eigenvalue weighted by molar-refractivity contribution is 7.98. The van der Waals surface area contributed by atoms with Crippen LogP contribution in [0, 0.1) is 0 Å². The van der Waals surface area contributed by atoms with E-state index < -0.39 is 66.2 Å². The van der Waals surface area contributed by atoms with Crippen LogP contribution in [0.1, 0.15) is 61.3 Å². The number of thioether (sulfide) groups is 1. The fourth-order valence-electron chi connectivity index (χ4n) is 4.70. The average Bonchev–Trinajstić information content (AvgIpc) is 3.21. The molecule has 1 amide bonds. The molecule has 0 aliphatic carbocycles. The number of carbonyl (C=O) groups excluding carboxylic acids is 3. The van der Waals surface area contributed by atoms with Crippen molar-refractivity contribution in [3.63, 3.8) is 0 Å². The minimum Gasteiger partial charge on any atom is -0.460 e. The Morgan fingerprint density at radius 2 is 1.73 bits per heavy atom. The molecule has 11 nitrogen and oxygen atoms in total. The summed E-state index contributed by atoms with van der Waals surface area (Å²) in [5.41, 5.74) is 4.60. The number of halogens is 4. The number of benzene rings is 2. The molecule has 2 aliphatic heterocycles. The summed E-state index contributed by atoms with van der Waals surface area (Å²) in [4.78, 5) is 49.8. The van der Waals surface area contributed by atoms with Crippen LogP contribution in [0.4, 0.5) is 18.0 Å². The van der Waals surface area contributed by atoms with Crippen LogP contribution in [0.15, 0.2) is 64.4 Å². The van der Waals surface area contributed by atoms with Gasteiger partial charge in [-0.1, -0.05) is 41.9 Å². The number of ether oxygens (including phenoxy) is 4. The first-order valence-electron chi connectivity index (χ1n) is 15.0. The van der Waals surface area contributed by atoms with Gasteiger partial charge < -0.3 is 29.3 Å². The van der Waals surface area contributed by atoms with Crippen molar-refractivity contribution in [1.82, 2.24) is 9.58 Å². The predicted molar refractivity (Wildman–Crippen MR) is 175 cm³/mol. The molecule has 264 valence electrons. The SMILES string of the molecule is C[C@@H](N1CNn2ccc(=O)c(OCOC(=O)OCCC(=O)OC(C)(C)C)c2C1=O)C(F)(F)F.Clc1cccc2c1CSc1ccccc1C2. The number of alkyl halides is 3. The Kier molecular flexibility index (Phi) is 12.1. The molecule has 0 saturated heterocycles. The molecule has 0 spiro atoms. The lowest BCUT2D eigenvalue weighted by molar-refractivity contribution is -0.172. The number of nitrogens with one attached hydrogen (secondary N) is 1. The number of esters is 1. The van der Waals surface area contributed by atoms with E-state index in [4.69, 9.17) is 21.1 Å².